The van der Waals surface area contributed by atoms with Gasteiger partial charge in [-0.25, -0.2) is 8.42 Å². The van der Waals surface area contributed by atoms with E-state index in [1.165, 1.54) is 23.6 Å². The van der Waals surface area contributed by atoms with Crippen LogP contribution in [0.15, 0.2) is 29.7 Å². The number of aromatic hydroxyl groups is 2. The van der Waals surface area contributed by atoms with Crippen LogP contribution in [0, 0.1) is 0 Å². The molecule has 0 aliphatic carbocycles. The first-order valence-electron chi connectivity index (χ1n) is 5.56. The minimum atomic E-state index is -3.10. The van der Waals surface area contributed by atoms with E-state index < -0.39 is 9.84 Å². The van der Waals surface area contributed by atoms with Crippen molar-refractivity contribution in [3.8, 4) is 11.5 Å². The lowest BCUT2D eigenvalue weighted by Gasteiger charge is -2.19. The zero-order valence-corrected chi connectivity index (χ0v) is 10.7. The maximum atomic E-state index is 11.3. The van der Waals surface area contributed by atoms with Crippen LogP contribution in [-0.2, 0) is 9.84 Å². The van der Waals surface area contributed by atoms with Gasteiger partial charge in [-0.05, 0) is 25.1 Å². The average molecular weight is 269 g/mol. The van der Waals surface area contributed by atoms with Gasteiger partial charge in [0.15, 0.2) is 9.84 Å². The molecule has 1 aromatic rings. The summed E-state index contributed by atoms with van der Waals surface area (Å²) in [6, 6.07) is 3.72. The van der Waals surface area contributed by atoms with E-state index in [2.05, 4.69) is 5.32 Å². The highest BCUT2D eigenvalue weighted by atomic mass is 32.2. The molecule has 1 heterocycles. The number of rotatable bonds is 3. The van der Waals surface area contributed by atoms with E-state index in [9.17, 15) is 18.6 Å². The highest BCUT2D eigenvalue weighted by Gasteiger charge is 2.23. The SMILES string of the molecule is CC(NC1C=CS(=O)(=O)C1)c1cc(O)ccc1O. The molecular formula is C12H15NO4S. The molecular weight excluding hydrogens is 254 g/mol. The molecule has 0 aromatic heterocycles. The monoisotopic (exact) mass is 269 g/mol. The Morgan fingerprint density at radius 1 is 1.39 bits per heavy atom. The number of hydrogen-bond donors (Lipinski definition) is 3. The lowest BCUT2D eigenvalue weighted by atomic mass is 10.1. The molecule has 0 spiro atoms. The summed E-state index contributed by atoms with van der Waals surface area (Å²) >= 11 is 0. The van der Waals surface area contributed by atoms with Crippen LogP contribution in [0.1, 0.15) is 18.5 Å². The predicted octanol–water partition coefficient (Wildman–Crippen LogP) is 1.06. The van der Waals surface area contributed by atoms with Crippen molar-refractivity contribution >= 4 is 9.84 Å². The van der Waals surface area contributed by atoms with E-state index in [1.54, 1.807) is 13.0 Å². The lowest BCUT2D eigenvalue weighted by molar-refractivity contribution is 0.437. The molecule has 0 amide bonds. The smallest absolute Gasteiger partial charge is 0.173 e. The Bertz CT molecular complexity index is 580. The first-order chi connectivity index (χ1) is 8.37. The molecule has 6 heteroatoms. The third-order valence-corrected chi connectivity index (χ3v) is 4.27. The van der Waals surface area contributed by atoms with Crippen LogP contribution in [-0.4, -0.2) is 30.4 Å². The van der Waals surface area contributed by atoms with Crippen LogP contribution >= 0.6 is 0 Å². The van der Waals surface area contributed by atoms with Gasteiger partial charge in [0.05, 0.1) is 5.75 Å². The average Bonchev–Trinajstić information content (AvgIpc) is 2.61. The Morgan fingerprint density at radius 2 is 2.11 bits per heavy atom. The molecule has 0 bridgehead atoms. The van der Waals surface area contributed by atoms with Crippen LogP contribution in [0.2, 0.25) is 0 Å². The molecule has 18 heavy (non-hydrogen) atoms. The molecule has 0 fully saturated rings. The Morgan fingerprint density at radius 3 is 2.72 bits per heavy atom. The van der Waals surface area contributed by atoms with Crippen LogP contribution in [0.4, 0.5) is 0 Å². The minimum Gasteiger partial charge on any atom is -0.508 e. The van der Waals surface area contributed by atoms with Crippen molar-refractivity contribution in [2.24, 2.45) is 0 Å². The highest BCUT2D eigenvalue weighted by Crippen LogP contribution is 2.28. The maximum absolute atomic E-state index is 11.3. The molecule has 1 aromatic carbocycles. The van der Waals surface area contributed by atoms with Crippen molar-refractivity contribution in [3.63, 3.8) is 0 Å². The van der Waals surface area contributed by atoms with Crippen molar-refractivity contribution in [1.29, 1.82) is 0 Å². The summed E-state index contributed by atoms with van der Waals surface area (Å²) in [7, 11) is -3.10. The van der Waals surface area contributed by atoms with Gasteiger partial charge in [0, 0.05) is 23.1 Å². The number of phenolic OH excluding ortho intramolecular Hbond substituents is 2. The quantitative estimate of drug-likeness (QED) is 0.714. The second-order valence-electron chi connectivity index (χ2n) is 4.40. The van der Waals surface area contributed by atoms with Crippen molar-refractivity contribution < 1.29 is 18.6 Å². The molecule has 1 aliphatic heterocycles. The summed E-state index contributed by atoms with van der Waals surface area (Å²) in [4.78, 5) is 0. The third kappa shape index (κ3) is 2.83. The van der Waals surface area contributed by atoms with Gasteiger partial charge in [-0.15, -0.1) is 0 Å². The van der Waals surface area contributed by atoms with E-state index in [0.717, 1.165) is 0 Å². The molecule has 0 radical (unpaired) electrons. The first kappa shape index (κ1) is 12.9. The fourth-order valence-electron chi connectivity index (χ4n) is 1.98. The lowest BCUT2D eigenvalue weighted by Crippen LogP contribution is -2.32. The summed E-state index contributed by atoms with van der Waals surface area (Å²) < 4.78 is 22.5. The fraction of sp³-hybridized carbons (Fsp3) is 0.333. The van der Waals surface area contributed by atoms with E-state index in [1.807, 2.05) is 0 Å². The maximum Gasteiger partial charge on any atom is 0.173 e. The normalized spacial score (nSPS) is 23.1. The molecule has 2 rings (SSSR count). The summed E-state index contributed by atoms with van der Waals surface area (Å²) in [5, 5.41) is 23.4. The van der Waals surface area contributed by atoms with Crippen molar-refractivity contribution in [2.45, 2.75) is 19.0 Å². The number of sulfone groups is 1. The van der Waals surface area contributed by atoms with Gasteiger partial charge >= 0.3 is 0 Å². The standard InChI is InChI=1S/C12H15NO4S/c1-8(11-6-10(14)2-3-12(11)15)13-9-4-5-18(16,17)7-9/h2-6,8-9,13-15H,7H2,1H3. The molecule has 1 aliphatic rings. The van der Waals surface area contributed by atoms with Gasteiger partial charge in [0.2, 0.25) is 0 Å². The number of benzene rings is 1. The van der Waals surface area contributed by atoms with Gasteiger partial charge in [-0.1, -0.05) is 6.08 Å². The summed E-state index contributed by atoms with van der Waals surface area (Å²) in [6.45, 7) is 1.80. The number of nitrogens with one attached hydrogen (secondary N) is 1. The minimum absolute atomic E-state index is 0.0247. The van der Waals surface area contributed by atoms with Gasteiger partial charge in [-0.3, -0.25) is 0 Å². The largest absolute Gasteiger partial charge is 0.508 e. The third-order valence-electron chi connectivity index (χ3n) is 2.87. The van der Waals surface area contributed by atoms with Gasteiger partial charge in [-0.2, -0.15) is 0 Å². The molecule has 3 N–H and O–H groups in total. The summed E-state index contributed by atoms with van der Waals surface area (Å²) in [6.07, 6.45) is 1.59. The van der Waals surface area contributed by atoms with E-state index in [4.69, 9.17) is 0 Å². The Hall–Kier alpha value is -1.53. The number of phenols is 2. The van der Waals surface area contributed by atoms with Crippen LogP contribution < -0.4 is 5.32 Å². The van der Waals surface area contributed by atoms with E-state index >= 15 is 0 Å². The topological polar surface area (TPSA) is 86.6 Å². The first-order valence-corrected chi connectivity index (χ1v) is 7.28. The van der Waals surface area contributed by atoms with Crippen molar-refractivity contribution in [2.75, 3.05) is 5.75 Å². The Kier molecular flexibility index (Phi) is 3.32. The van der Waals surface area contributed by atoms with Crippen LogP contribution in [0.25, 0.3) is 0 Å². The Labute approximate surface area is 106 Å². The molecule has 5 nitrogen and oxygen atoms in total. The van der Waals surface area contributed by atoms with Gasteiger partial charge in [0.25, 0.3) is 0 Å². The fourth-order valence-corrected chi connectivity index (χ4v) is 3.23. The van der Waals surface area contributed by atoms with E-state index in [0.29, 0.717) is 5.56 Å². The predicted molar refractivity (Wildman–Crippen MR) is 68.0 cm³/mol. The molecule has 0 saturated heterocycles. The molecule has 2 unspecified atom stereocenters. The Balaban J connectivity index is 2.11. The van der Waals surface area contributed by atoms with E-state index in [-0.39, 0.29) is 29.3 Å². The number of hydrogen-bond acceptors (Lipinski definition) is 5. The highest BCUT2D eigenvalue weighted by molar-refractivity contribution is 7.94. The zero-order chi connectivity index (χ0) is 13.3. The van der Waals surface area contributed by atoms with Crippen molar-refractivity contribution in [3.05, 3.63) is 35.2 Å². The second-order valence-corrected chi connectivity index (χ2v) is 6.33. The second kappa shape index (κ2) is 4.62. The molecule has 2 atom stereocenters. The van der Waals surface area contributed by atoms with Gasteiger partial charge in [0.1, 0.15) is 11.5 Å². The summed E-state index contributed by atoms with van der Waals surface area (Å²) in [5.74, 6) is 0.153. The van der Waals surface area contributed by atoms with Crippen molar-refractivity contribution in [1.82, 2.24) is 5.32 Å². The molecule has 0 saturated carbocycles. The van der Waals surface area contributed by atoms with Crippen LogP contribution in [0.5, 0.6) is 11.5 Å². The summed E-state index contributed by atoms with van der Waals surface area (Å²) in [5.41, 5.74) is 0.535. The molecule has 98 valence electrons. The van der Waals surface area contributed by atoms with Crippen LogP contribution in [0.3, 0.4) is 0 Å². The zero-order valence-electron chi connectivity index (χ0n) is 9.87. The van der Waals surface area contributed by atoms with Gasteiger partial charge < -0.3 is 15.5 Å².